The maximum absolute atomic E-state index is 11.6. The van der Waals surface area contributed by atoms with Crippen LogP contribution < -0.4 is 4.74 Å². The molecule has 3 nitrogen and oxygen atoms in total. The van der Waals surface area contributed by atoms with Gasteiger partial charge in [0.25, 0.3) is 0 Å². The molecule has 0 atom stereocenters. The van der Waals surface area contributed by atoms with Crippen LogP contribution in [0.25, 0.3) is 0 Å². The number of ether oxygens (including phenoxy) is 2. The highest BCUT2D eigenvalue weighted by Crippen LogP contribution is 2.28. The van der Waals surface area contributed by atoms with E-state index >= 15 is 0 Å². The van der Waals surface area contributed by atoms with E-state index in [0.29, 0.717) is 11.3 Å². The molecule has 0 aromatic heterocycles. The van der Waals surface area contributed by atoms with Gasteiger partial charge in [0.05, 0.1) is 14.2 Å². The second-order valence-corrected chi connectivity index (χ2v) is 3.57. The van der Waals surface area contributed by atoms with Crippen molar-refractivity contribution in [2.45, 2.75) is 19.8 Å². The van der Waals surface area contributed by atoms with E-state index in [0.717, 1.165) is 5.56 Å². The summed E-state index contributed by atoms with van der Waals surface area (Å²) in [7, 11) is 2.92. The first-order chi connectivity index (χ1) is 7.11. The van der Waals surface area contributed by atoms with Crippen LogP contribution in [0.4, 0.5) is 0 Å². The van der Waals surface area contributed by atoms with Crippen molar-refractivity contribution in [3.05, 3.63) is 29.3 Å². The molecule has 1 aromatic rings. The van der Waals surface area contributed by atoms with Gasteiger partial charge in [0.2, 0.25) is 0 Å². The van der Waals surface area contributed by atoms with Crippen molar-refractivity contribution in [2.24, 2.45) is 0 Å². The van der Waals surface area contributed by atoms with Crippen LogP contribution >= 0.6 is 0 Å². The molecule has 0 radical (unpaired) electrons. The molecule has 0 N–H and O–H groups in total. The molecule has 0 heterocycles. The first kappa shape index (κ1) is 11.6. The zero-order valence-electron chi connectivity index (χ0n) is 9.53. The lowest BCUT2D eigenvalue weighted by Gasteiger charge is -2.14. The Kier molecular flexibility index (Phi) is 3.72. The molecule has 0 amide bonds. The molecule has 0 saturated heterocycles. The molecule has 15 heavy (non-hydrogen) atoms. The number of benzene rings is 1. The van der Waals surface area contributed by atoms with E-state index in [-0.39, 0.29) is 11.9 Å². The van der Waals surface area contributed by atoms with Crippen LogP contribution in [0.3, 0.4) is 0 Å². The van der Waals surface area contributed by atoms with E-state index in [2.05, 4.69) is 0 Å². The molecule has 1 rings (SSSR count). The Hall–Kier alpha value is -1.51. The maximum Gasteiger partial charge on any atom is 0.341 e. The fraction of sp³-hybridized carbons (Fsp3) is 0.417. The summed E-state index contributed by atoms with van der Waals surface area (Å²) in [6.07, 6.45) is 0. The van der Waals surface area contributed by atoms with E-state index in [4.69, 9.17) is 9.47 Å². The summed E-state index contributed by atoms with van der Waals surface area (Å²) >= 11 is 0. The number of rotatable bonds is 3. The molecule has 1 aromatic carbocycles. The summed E-state index contributed by atoms with van der Waals surface area (Å²) in [4.78, 5) is 11.6. The third-order valence-electron chi connectivity index (χ3n) is 2.29. The van der Waals surface area contributed by atoms with E-state index in [1.807, 2.05) is 26.0 Å². The highest BCUT2D eigenvalue weighted by atomic mass is 16.5. The van der Waals surface area contributed by atoms with Crippen molar-refractivity contribution in [1.29, 1.82) is 0 Å². The first-order valence-corrected chi connectivity index (χ1v) is 4.87. The van der Waals surface area contributed by atoms with Crippen LogP contribution in [0.1, 0.15) is 35.7 Å². The number of methoxy groups -OCH3 is 2. The van der Waals surface area contributed by atoms with Crippen LogP contribution in [0.5, 0.6) is 5.75 Å². The third-order valence-corrected chi connectivity index (χ3v) is 2.29. The topological polar surface area (TPSA) is 35.5 Å². The minimum atomic E-state index is -0.351. The highest BCUT2D eigenvalue weighted by Gasteiger charge is 2.19. The largest absolute Gasteiger partial charge is 0.496 e. The Morgan fingerprint density at radius 1 is 1.27 bits per heavy atom. The third kappa shape index (κ3) is 2.29. The number of hydrogen-bond acceptors (Lipinski definition) is 3. The van der Waals surface area contributed by atoms with Gasteiger partial charge in [-0.1, -0.05) is 26.0 Å². The summed E-state index contributed by atoms with van der Waals surface area (Å²) in [5.74, 6) is 0.471. The van der Waals surface area contributed by atoms with Gasteiger partial charge in [-0.25, -0.2) is 4.79 Å². The van der Waals surface area contributed by atoms with E-state index in [9.17, 15) is 4.79 Å². The van der Waals surface area contributed by atoms with Crippen molar-refractivity contribution in [3.63, 3.8) is 0 Å². The van der Waals surface area contributed by atoms with Crippen LogP contribution in [-0.2, 0) is 4.74 Å². The Labute approximate surface area is 90.0 Å². The summed E-state index contributed by atoms with van der Waals surface area (Å²) in [6, 6.07) is 5.55. The quantitative estimate of drug-likeness (QED) is 0.716. The second-order valence-electron chi connectivity index (χ2n) is 3.57. The molecule has 0 aliphatic rings. The van der Waals surface area contributed by atoms with Gasteiger partial charge in [-0.2, -0.15) is 0 Å². The van der Waals surface area contributed by atoms with Gasteiger partial charge in [0.1, 0.15) is 11.3 Å². The average Bonchev–Trinajstić information content (AvgIpc) is 2.26. The van der Waals surface area contributed by atoms with Gasteiger partial charge in [0.15, 0.2) is 0 Å². The van der Waals surface area contributed by atoms with Gasteiger partial charge in [-0.3, -0.25) is 0 Å². The molecule has 0 aliphatic heterocycles. The minimum absolute atomic E-state index is 0.259. The molecule has 82 valence electrons. The lowest BCUT2D eigenvalue weighted by atomic mass is 9.96. The van der Waals surface area contributed by atoms with Crippen LogP contribution in [0.2, 0.25) is 0 Å². The Balaban J connectivity index is 3.33. The zero-order valence-corrected chi connectivity index (χ0v) is 9.53. The predicted octanol–water partition coefficient (Wildman–Crippen LogP) is 2.61. The van der Waals surface area contributed by atoms with Crippen molar-refractivity contribution in [2.75, 3.05) is 14.2 Å². The Morgan fingerprint density at radius 2 is 1.93 bits per heavy atom. The zero-order chi connectivity index (χ0) is 11.4. The molecule has 0 spiro atoms. The number of carbonyl (C=O) groups excluding carboxylic acids is 1. The summed E-state index contributed by atoms with van der Waals surface area (Å²) in [5.41, 5.74) is 1.47. The molecule has 3 heteroatoms. The smallest absolute Gasteiger partial charge is 0.341 e. The SMILES string of the molecule is COC(=O)c1c(OC)cccc1C(C)C. The van der Waals surface area contributed by atoms with Crippen molar-refractivity contribution < 1.29 is 14.3 Å². The van der Waals surface area contributed by atoms with Crippen molar-refractivity contribution >= 4 is 5.97 Å². The van der Waals surface area contributed by atoms with Crippen molar-refractivity contribution in [1.82, 2.24) is 0 Å². The van der Waals surface area contributed by atoms with E-state index < -0.39 is 0 Å². The van der Waals surface area contributed by atoms with Crippen LogP contribution in [0.15, 0.2) is 18.2 Å². The molecule has 0 fully saturated rings. The van der Waals surface area contributed by atoms with Gasteiger partial charge in [-0.05, 0) is 17.5 Å². The van der Waals surface area contributed by atoms with Gasteiger partial charge < -0.3 is 9.47 Å². The van der Waals surface area contributed by atoms with Crippen LogP contribution in [0, 0.1) is 0 Å². The average molecular weight is 208 g/mol. The number of carbonyl (C=O) groups is 1. The maximum atomic E-state index is 11.6. The fourth-order valence-corrected chi connectivity index (χ4v) is 1.52. The Morgan fingerprint density at radius 3 is 2.40 bits per heavy atom. The summed E-state index contributed by atoms with van der Waals surface area (Å²) < 4.78 is 9.91. The molecule has 0 bridgehead atoms. The predicted molar refractivity (Wildman–Crippen MR) is 58.4 cm³/mol. The molecular weight excluding hydrogens is 192 g/mol. The molecule has 0 saturated carbocycles. The lowest BCUT2D eigenvalue weighted by Crippen LogP contribution is -2.09. The number of hydrogen-bond donors (Lipinski definition) is 0. The number of esters is 1. The minimum Gasteiger partial charge on any atom is -0.496 e. The molecule has 0 unspecified atom stereocenters. The highest BCUT2D eigenvalue weighted by molar-refractivity contribution is 5.94. The van der Waals surface area contributed by atoms with Gasteiger partial charge in [-0.15, -0.1) is 0 Å². The molecule has 0 aliphatic carbocycles. The van der Waals surface area contributed by atoms with Crippen LogP contribution in [-0.4, -0.2) is 20.2 Å². The normalized spacial score (nSPS) is 10.2. The summed E-state index contributed by atoms with van der Waals surface area (Å²) in [6.45, 7) is 4.06. The second kappa shape index (κ2) is 4.82. The lowest BCUT2D eigenvalue weighted by molar-refractivity contribution is 0.0595. The summed E-state index contributed by atoms with van der Waals surface area (Å²) in [5, 5.41) is 0. The van der Waals surface area contributed by atoms with Gasteiger partial charge in [0, 0.05) is 0 Å². The van der Waals surface area contributed by atoms with E-state index in [1.54, 1.807) is 13.2 Å². The van der Waals surface area contributed by atoms with Crippen molar-refractivity contribution in [3.8, 4) is 5.75 Å². The monoisotopic (exact) mass is 208 g/mol. The van der Waals surface area contributed by atoms with Gasteiger partial charge >= 0.3 is 5.97 Å². The Bertz CT molecular complexity index is 356. The molecular formula is C12H16O3. The fourth-order valence-electron chi connectivity index (χ4n) is 1.52. The first-order valence-electron chi connectivity index (χ1n) is 4.87. The van der Waals surface area contributed by atoms with E-state index in [1.165, 1.54) is 7.11 Å². The standard InChI is InChI=1S/C12H16O3/c1-8(2)9-6-5-7-10(14-3)11(9)12(13)15-4/h5-8H,1-4H3.